The largest absolute Gasteiger partial charge is 0.448 e. The molecule has 1 unspecified atom stereocenters. The Balaban J connectivity index is 1.55. The summed E-state index contributed by atoms with van der Waals surface area (Å²) in [5, 5.41) is 9.08. The number of esters is 1. The Kier molecular flexibility index (Phi) is 4.25. The molecule has 4 aromatic rings. The first-order valence-corrected chi connectivity index (χ1v) is 8.33. The number of nitrogens with zero attached hydrogens (tertiary/aromatic N) is 2. The number of rotatable bonds is 4. The van der Waals surface area contributed by atoms with Gasteiger partial charge in [0.1, 0.15) is 5.69 Å². The van der Waals surface area contributed by atoms with Gasteiger partial charge in [0.2, 0.25) is 5.89 Å². The van der Waals surface area contributed by atoms with Crippen LogP contribution < -0.4 is 5.56 Å². The van der Waals surface area contributed by atoms with Crippen molar-refractivity contribution in [2.45, 2.75) is 13.0 Å². The molecule has 1 N–H and O–H groups in total. The highest BCUT2D eigenvalue weighted by atomic mass is 16.6. The molecule has 2 heterocycles. The maximum atomic E-state index is 12.4. The van der Waals surface area contributed by atoms with Crippen LogP contribution in [0.15, 0.2) is 69.9 Å². The molecular formula is C20H15N3O4. The third-order valence-corrected chi connectivity index (χ3v) is 4.07. The van der Waals surface area contributed by atoms with Crippen LogP contribution in [0.2, 0.25) is 0 Å². The molecule has 134 valence electrons. The molecule has 0 radical (unpaired) electrons. The van der Waals surface area contributed by atoms with Gasteiger partial charge in [-0.1, -0.05) is 36.4 Å². The quantitative estimate of drug-likeness (QED) is 0.559. The zero-order valence-corrected chi connectivity index (χ0v) is 14.4. The lowest BCUT2D eigenvalue weighted by Gasteiger charge is -2.09. The number of benzene rings is 2. The van der Waals surface area contributed by atoms with Crippen molar-refractivity contribution in [2.24, 2.45) is 0 Å². The number of hydrogen-bond acceptors (Lipinski definition) is 6. The number of ether oxygens (including phenoxy) is 1. The number of fused-ring (bicyclic) bond motifs is 1. The fourth-order valence-electron chi connectivity index (χ4n) is 2.69. The number of aromatic nitrogens is 3. The van der Waals surface area contributed by atoms with E-state index in [0.29, 0.717) is 16.7 Å². The van der Waals surface area contributed by atoms with E-state index in [-0.39, 0.29) is 17.1 Å². The second-order valence-corrected chi connectivity index (χ2v) is 5.96. The van der Waals surface area contributed by atoms with E-state index in [2.05, 4.69) is 15.2 Å². The number of nitrogens with one attached hydrogen (secondary N) is 1. The van der Waals surface area contributed by atoms with E-state index in [1.165, 1.54) is 0 Å². The Hall–Kier alpha value is -3.74. The summed E-state index contributed by atoms with van der Waals surface area (Å²) in [4.78, 5) is 27.1. The minimum Gasteiger partial charge on any atom is -0.448 e. The number of carbonyl (C=O) groups is 1. The smallest absolute Gasteiger partial charge is 0.355 e. The van der Waals surface area contributed by atoms with Gasteiger partial charge in [0.25, 0.3) is 11.4 Å². The van der Waals surface area contributed by atoms with E-state index in [1.54, 1.807) is 37.3 Å². The zero-order valence-electron chi connectivity index (χ0n) is 14.4. The highest BCUT2D eigenvalue weighted by molar-refractivity contribution is 5.93. The standard InChI is InChI=1S/C20H15N3O4/c1-12(18-22-23-19(27-18)13-7-3-2-4-8-13)26-20(25)16-11-14-9-5-6-10-15(14)17(24)21-16/h2-12H,1H3,(H,21,24). The van der Waals surface area contributed by atoms with Crippen LogP contribution in [-0.4, -0.2) is 21.2 Å². The van der Waals surface area contributed by atoms with Gasteiger partial charge in [-0.3, -0.25) is 4.79 Å². The molecule has 0 bridgehead atoms. The summed E-state index contributed by atoms with van der Waals surface area (Å²) in [7, 11) is 0. The summed E-state index contributed by atoms with van der Waals surface area (Å²) >= 11 is 0. The molecule has 0 aliphatic heterocycles. The van der Waals surface area contributed by atoms with E-state index in [9.17, 15) is 9.59 Å². The van der Waals surface area contributed by atoms with Gasteiger partial charge in [-0.25, -0.2) is 4.79 Å². The average molecular weight is 361 g/mol. The summed E-state index contributed by atoms with van der Waals surface area (Å²) in [5.74, 6) is -0.164. The van der Waals surface area contributed by atoms with Gasteiger partial charge >= 0.3 is 5.97 Å². The van der Waals surface area contributed by atoms with Crippen LogP contribution in [0, 0.1) is 0 Å². The van der Waals surface area contributed by atoms with Crippen molar-refractivity contribution in [2.75, 3.05) is 0 Å². The second-order valence-electron chi connectivity index (χ2n) is 5.96. The first-order chi connectivity index (χ1) is 13.1. The van der Waals surface area contributed by atoms with Crippen molar-refractivity contribution in [1.82, 2.24) is 15.2 Å². The number of H-pyrrole nitrogens is 1. The van der Waals surface area contributed by atoms with Crippen LogP contribution in [0.1, 0.15) is 29.4 Å². The fourth-order valence-corrected chi connectivity index (χ4v) is 2.69. The molecule has 0 amide bonds. The summed E-state index contributed by atoms with van der Waals surface area (Å²) in [5.41, 5.74) is 0.485. The van der Waals surface area contributed by atoms with Gasteiger partial charge in [-0.15, -0.1) is 10.2 Å². The van der Waals surface area contributed by atoms with Crippen molar-refractivity contribution in [3.63, 3.8) is 0 Å². The topological polar surface area (TPSA) is 98.1 Å². The molecule has 0 aliphatic rings. The molecule has 4 rings (SSSR count). The molecule has 2 aromatic carbocycles. The Morgan fingerprint density at radius 2 is 1.81 bits per heavy atom. The highest BCUT2D eigenvalue weighted by Crippen LogP contribution is 2.23. The molecule has 2 aromatic heterocycles. The van der Waals surface area contributed by atoms with Gasteiger partial charge in [-0.2, -0.15) is 0 Å². The van der Waals surface area contributed by atoms with Crippen molar-refractivity contribution >= 4 is 16.7 Å². The van der Waals surface area contributed by atoms with Gasteiger partial charge in [0.15, 0.2) is 6.10 Å². The molecule has 27 heavy (non-hydrogen) atoms. The lowest BCUT2D eigenvalue weighted by molar-refractivity contribution is 0.0273. The molecule has 0 spiro atoms. The summed E-state index contributed by atoms with van der Waals surface area (Å²) in [6.07, 6.45) is -0.766. The number of hydrogen-bond donors (Lipinski definition) is 1. The van der Waals surface area contributed by atoms with Crippen molar-refractivity contribution in [1.29, 1.82) is 0 Å². The lowest BCUT2D eigenvalue weighted by atomic mass is 10.1. The predicted octanol–water partition coefficient (Wildman–Crippen LogP) is 3.50. The second kappa shape index (κ2) is 6.87. The fraction of sp³-hybridized carbons (Fsp3) is 0.100. The normalized spacial score (nSPS) is 12.0. The average Bonchev–Trinajstić information content (AvgIpc) is 3.19. The Morgan fingerprint density at radius 3 is 2.63 bits per heavy atom. The van der Waals surface area contributed by atoms with Crippen LogP contribution in [-0.2, 0) is 4.74 Å². The molecule has 7 nitrogen and oxygen atoms in total. The molecule has 1 atom stereocenters. The lowest BCUT2D eigenvalue weighted by Crippen LogP contribution is -2.16. The SMILES string of the molecule is CC(OC(=O)c1cc2ccccc2c(=O)[nH]1)c1nnc(-c2ccccc2)o1. The first-order valence-electron chi connectivity index (χ1n) is 8.33. The van der Waals surface area contributed by atoms with Crippen LogP contribution in [0.3, 0.4) is 0 Å². The van der Waals surface area contributed by atoms with Crippen molar-refractivity contribution in [3.05, 3.63) is 82.6 Å². The van der Waals surface area contributed by atoms with E-state index in [0.717, 1.165) is 5.56 Å². The van der Waals surface area contributed by atoms with E-state index < -0.39 is 12.1 Å². The predicted molar refractivity (Wildman–Crippen MR) is 98.1 cm³/mol. The molecular weight excluding hydrogens is 346 g/mol. The third kappa shape index (κ3) is 3.35. The van der Waals surface area contributed by atoms with Gasteiger partial charge in [-0.05, 0) is 36.6 Å². The summed E-state index contributed by atoms with van der Waals surface area (Å²) in [6.45, 7) is 1.62. The van der Waals surface area contributed by atoms with E-state index >= 15 is 0 Å². The Morgan fingerprint density at radius 1 is 1.07 bits per heavy atom. The molecule has 0 saturated carbocycles. The molecule has 7 heteroatoms. The molecule has 0 fully saturated rings. The van der Waals surface area contributed by atoms with Crippen molar-refractivity contribution < 1.29 is 13.9 Å². The summed E-state index contributed by atoms with van der Waals surface area (Å²) in [6, 6.07) is 17.9. The highest BCUT2D eigenvalue weighted by Gasteiger charge is 2.21. The van der Waals surface area contributed by atoms with E-state index in [4.69, 9.17) is 9.15 Å². The van der Waals surface area contributed by atoms with Gasteiger partial charge < -0.3 is 14.1 Å². The van der Waals surface area contributed by atoms with Crippen LogP contribution >= 0.6 is 0 Å². The monoisotopic (exact) mass is 361 g/mol. The summed E-state index contributed by atoms with van der Waals surface area (Å²) < 4.78 is 11.0. The maximum Gasteiger partial charge on any atom is 0.355 e. The number of carbonyl (C=O) groups excluding carboxylic acids is 1. The molecule has 0 saturated heterocycles. The molecule has 0 aliphatic carbocycles. The number of aromatic amines is 1. The zero-order chi connectivity index (χ0) is 18.8. The minimum atomic E-state index is -0.766. The van der Waals surface area contributed by atoms with Crippen LogP contribution in [0.4, 0.5) is 0 Å². The van der Waals surface area contributed by atoms with Crippen molar-refractivity contribution in [3.8, 4) is 11.5 Å². The van der Waals surface area contributed by atoms with Gasteiger partial charge in [0, 0.05) is 10.9 Å². The minimum absolute atomic E-state index is 0.0633. The van der Waals surface area contributed by atoms with Gasteiger partial charge in [0.05, 0.1) is 0 Å². The van der Waals surface area contributed by atoms with Crippen LogP contribution in [0.5, 0.6) is 0 Å². The Labute approximate surface area is 153 Å². The maximum absolute atomic E-state index is 12.4. The van der Waals surface area contributed by atoms with Crippen LogP contribution in [0.25, 0.3) is 22.2 Å². The third-order valence-electron chi connectivity index (χ3n) is 4.07. The Bertz CT molecular complexity index is 1160. The first kappa shape index (κ1) is 16.7. The number of pyridine rings is 1. The van der Waals surface area contributed by atoms with E-state index in [1.807, 2.05) is 30.3 Å².